The molecule has 2 aromatic rings. The topological polar surface area (TPSA) is 38.1 Å². The minimum absolute atomic E-state index is 0.259. The Kier molecular flexibility index (Phi) is 7.00. The molecule has 3 rings (SSSR count). The van der Waals surface area contributed by atoms with E-state index in [-0.39, 0.29) is 5.91 Å². The summed E-state index contributed by atoms with van der Waals surface area (Å²) in [6, 6.07) is 8.47. The lowest BCUT2D eigenvalue weighted by atomic mass is 9.96. The fourth-order valence-corrected chi connectivity index (χ4v) is 4.55. The largest absolute Gasteiger partial charge is 0.342 e. The third-order valence-electron chi connectivity index (χ3n) is 5.19. The zero-order valence-corrected chi connectivity index (χ0v) is 17.5. The first-order valence-corrected chi connectivity index (χ1v) is 11.0. The van der Waals surface area contributed by atoms with Gasteiger partial charge in [-0.15, -0.1) is 11.8 Å². The van der Waals surface area contributed by atoms with Gasteiger partial charge in [-0.3, -0.25) is 4.79 Å². The minimum atomic E-state index is 0.259. The first-order chi connectivity index (χ1) is 13.0. The first kappa shape index (κ1) is 20.0. The number of benzene rings is 1. The van der Waals surface area contributed by atoms with Gasteiger partial charge in [-0.05, 0) is 36.5 Å². The van der Waals surface area contributed by atoms with Crippen molar-refractivity contribution in [3.63, 3.8) is 0 Å². The van der Waals surface area contributed by atoms with Gasteiger partial charge in [0, 0.05) is 48.6 Å². The Morgan fingerprint density at radius 2 is 1.93 bits per heavy atom. The van der Waals surface area contributed by atoms with Crippen LogP contribution in [-0.2, 0) is 24.2 Å². The van der Waals surface area contributed by atoms with Crippen LogP contribution in [0.25, 0.3) is 0 Å². The number of likely N-dealkylation sites (tertiary alicyclic amines) is 1. The van der Waals surface area contributed by atoms with Crippen LogP contribution in [0.4, 0.5) is 0 Å². The Hall–Kier alpha value is -1.75. The smallest absolute Gasteiger partial charge is 0.226 e. The summed E-state index contributed by atoms with van der Waals surface area (Å²) < 4.78 is 2.28. The number of rotatable bonds is 7. The zero-order valence-electron chi connectivity index (χ0n) is 16.7. The van der Waals surface area contributed by atoms with E-state index in [1.165, 1.54) is 4.90 Å². The van der Waals surface area contributed by atoms with E-state index in [1.807, 2.05) is 22.9 Å². The van der Waals surface area contributed by atoms with Crippen molar-refractivity contribution >= 4 is 17.7 Å². The van der Waals surface area contributed by atoms with Crippen LogP contribution in [-0.4, -0.2) is 38.7 Å². The van der Waals surface area contributed by atoms with Gasteiger partial charge < -0.3 is 9.47 Å². The number of piperidine rings is 1. The average molecular weight is 386 g/mol. The quantitative estimate of drug-likeness (QED) is 0.662. The Morgan fingerprint density at radius 1 is 1.22 bits per heavy atom. The third-order valence-corrected chi connectivity index (χ3v) is 6.21. The van der Waals surface area contributed by atoms with E-state index in [1.54, 1.807) is 0 Å². The number of nitrogens with zero attached hydrogens (tertiary/aromatic N) is 3. The molecule has 1 aliphatic heterocycles. The second-order valence-corrected chi connectivity index (χ2v) is 9.31. The molecule has 0 N–H and O–H groups in total. The lowest BCUT2D eigenvalue weighted by Crippen LogP contribution is -2.40. The maximum absolute atomic E-state index is 12.7. The highest BCUT2D eigenvalue weighted by Crippen LogP contribution is 2.24. The van der Waals surface area contributed by atoms with Gasteiger partial charge >= 0.3 is 0 Å². The Labute approximate surface area is 167 Å². The number of thioether (sulfide) groups is 1. The number of aryl methyl sites for hydroxylation is 1. The molecule has 146 valence electrons. The van der Waals surface area contributed by atoms with Crippen LogP contribution in [0.15, 0.2) is 41.6 Å². The number of carbonyl (C=O) groups is 1. The maximum atomic E-state index is 12.7. The summed E-state index contributed by atoms with van der Waals surface area (Å²) in [4.78, 5) is 20.4. The van der Waals surface area contributed by atoms with Gasteiger partial charge in [0.2, 0.25) is 5.91 Å². The van der Waals surface area contributed by atoms with E-state index in [0.717, 1.165) is 50.3 Å². The highest BCUT2D eigenvalue weighted by molar-refractivity contribution is 7.99. The molecule has 0 aliphatic carbocycles. The predicted octanol–water partition coefficient (Wildman–Crippen LogP) is 4.43. The van der Waals surface area contributed by atoms with Crippen LogP contribution in [0.5, 0.6) is 0 Å². The third kappa shape index (κ3) is 5.61. The van der Waals surface area contributed by atoms with Crippen LogP contribution < -0.4 is 0 Å². The number of hydrogen-bond acceptors (Lipinski definition) is 3. The van der Waals surface area contributed by atoms with Gasteiger partial charge in [0.1, 0.15) is 5.82 Å². The van der Waals surface area contributed by atoms with Gasteiger partial charge in [-0.1, -0.05) is 32.9 Å². The molecule has 1 aromatic carbocycles. The van der Waals surface area contributed by atoms with E-state index in [9.17, 15) is 4.79 Å². The van der Waals surface area contributed by atoms with Crippen molar-refractivity contribution in [2.45, 2.75) is 63.1 Å². The van der Waals surface area contributed by atoms with Gasteiger partial charge in [0.25, 0.3) is 0 Å². The molecule has 0 saturated carbocycles. The summed E-state index contributed by atoms with van der Waals surface area (Å²) in [6.07, 6.45) is 7.62. The summed E-state index contributed by atoms with van der Waals surface area (Å²) in [5, 5.41) is 0.578. The number of aromatic nitrogens is 2. The van der Waals surface area contributed by atoms with E-state index >= 15 is 0 Å². The molecule has 1 fully saturated rings. The molecule has 1 aliphatic rings. The van der Waals surface area contributed by atoms with Crippen molar-refractivity contribution < 1.29 is 4.79 Å². The lowest BCUT2D eigenvalue weighted by Gasteiger charge is -2.32. The number of imidazole rings is 1. The van der Waals surface area contributed by atoms with Crippen molar-refractivity contribution in [1.82, 2.24) is 14.5 Å². The molecular weight excluding hydrogens is 354 g/mol. The maximum Gasteiger partial charge on any atom is 0.226 e. The minimum Gasteiger partial charge on any atom is -0.342 e. The summed E-state index contributed by atoms with van der Waals surface area (Å²) in [5.41, 5.74) is 1.11. The van der Waals surface area contributed by atoms with Crippen molar-refractivity contribution in [3.05, 3.63) is 48.0 Å². The molecule has 0 bridgehead atoms. The highest BCUT2D eigenvalue weighted by Gasteiger charge is 2.23. The van der Waals surface area contributed by atoms with Crippen LogP contribution in [0.1, 0.15) is 45.0 Å². The molecule has 4 nitrogen and oxygen atoms in total. The molecule has 2 heterocycles. The second kappa shape index (κ2) is 9.45. The molecule has 1 aromatic heterocycles. The normalized spacial score (nSPS) is 15.5. The van der Waals surface area contributed by atoms with Crippen LogP contribution in [0.2, 0.25) is 0 Å². The van der Waals surface area contributed by atoms with Crippen molar-refractivity contribution in [2.24, 2.45) is 5.92 Å². The number of amides is 1. The zero-order chi connectivity index (χ0) is 19.2. The molecule has 27 heavy (non-hydrogen) atoms. The standard InChI is InChI=1S/C22H31N3OS/c1-4-21-23-11-14-25(21)16-19-9-12-24(13-10-19)22(26)15-18-5-7-20(8-6-18)27-17(2)3/h5-8,11,14,17,19H,4,9-10,12-13,15-16H2,1-3H3. The monoisotopic (exact) mass is 385 g/mol. The van der Waals surface area contributed by atoms with Gasteiger partial charge in [0.05, 0.1) is 6.42 Å². The predicted molar refractivity (Wildman–Crippen MR) is 112 cm³/mol. The Balaban J connectivity index is 1.47. The summed E-state index contributed by atoms with van der Waals surface area (Å²) >= 11 is 1.86. The summed E-state index contributed by atoms with van der Waals surface area (Å²) in [5.74, 6) is 2.06. The molecule has 0 spiro atoms. The van der Waals surface area contributed by atoms with Crippen molar-refractivity contribution in [3.8, 4) is 0 Å². The highest BCUT2D eigenvalue weighted by atomic mass is 32.2. The van der Waals surface area contributed by atoms with Crippen LogP contribution in [0.3, 0.4) is 0 Å². The Bertz CT molecular complexity index is 730. The molecule has 0 unspecified atom stereocenters. The van der Waals surface area contributed by atoms with Gasteiger partial charge in [-0.25, -0.2) is 4.98 Å². The van der Waals surface area contributed by atoms with E-state index < -0.39 is 0 Å². The number of hydrogen-bond donors (Lipinski definition) is 0. The molecule has 0 radical (unpaired) electrons. The van der Waals surface area contributed by atoms with E-state index in [2.05, 4.69) is 60.8 Å². The SMILES string of the molecule is CCc1nccn1CC1CCN(C(=O)Cc2ccc(SC(C)C)cc2)CC1. The molecule has 1 saturated heterocycles. The van der Waals surface area contributed by atoms with Crippen molar-refractivity contribution in [2.75, 3.05) is 13.1 Å². The van der Waals surface area contributed by atoms with Gasteiger partial charge in [-0.2, -0.15) is 0 Å². The molecular formula is C22H31N3OS. The second-order valence-electron chi connectivity index (χ2n) is 7.66. The summed E-state index contributed by atoms with van der Waals surface area (Å²) in [6.45, 7) is 9.32. The fourth-order valence-electron chi connectivity index (χ4n) is 3.71. The fraction of sp³-hybridized carbons (Fsp3) is 0.545. The lowest BCUT2D eigenvalue weighted by molar-refractivity contribution is -0.131. The van der Waals surface area contributed by atoms with Crippen molar-refractivity contribution in [1.29, 1.82) is 0 Å². The summed E-state index contributed by atoms with van der Waals surface area (Å²) in [7, 11) is 0. The molecule has 5 heteroatoms. The van der Waals surface area contributed by atoms with E-state index in [4.69, 9.17) is 0 Å². The van der Waals surface area contributed by atoms with Crippen LogP contribution >= 0.6 is 11.8 Å². The molecule has 0 atom stereocenters. The van der Waals surface area contributed by atoms with E-state index in [0.29, 0.717) is 17.6 Å². The van der Waals surface area contributed by atoms with Gasteiger partial charge in [0.15, 0.2) is 0 Å². The first-order valence-electron chi connectivity index (χ1n) is 10.1. The number of carbonyl (C=O) groups excluding carboxylic acids is 1. The Morgan fingerprint density at radius 3 is 2.56 bits per heavy atom. The van der Waals surface area contributed by atoms with Crippen LogP contribution in [0, 0.1) is 5.92 Å². The molecule has 1 amide bonds. The average Bonchev–Trinajstić information content (AvgIpc) is 3.10.